The zero-order chi connectivity index (χ0) is 20.5. The average molecular weight is 401 g/mol. The Morgan fingerprint density at radius 2 is 2.03 bits per heavy atom. The third kappa shape index (κ3) is 2.74. The summed E-state index contributed by atoms with van der Waals surface area (Å²) in [6.45, 7) is 4.86. The van der Waals surface area contributed by atoms with E-state index in [-0.39, 0.29) is 17.1 Å². The third-order valence-corrected chi connectivity index (χ3v) is 6.49. The number of aromatic nitrogens is 6. The smallest absolute Gasteiger partial charge is 0.276 e. The molecule has 1 spiro atoms. The molecule has 0 unspecified atom stereocenters. The summed E-state index contributed by atoms with van der Waals surface area (Å²) in [5.74, 6) is 0. The first-order valence-corrected chi connectivity index (χ1v) is 10.5. The number of rotatable bonds is 2. The van der Waals surface area contributed by atoms with Crippen LogP contribution in [-0.2, 0) is 0 Å². The lowest BCUT2D eigenvalue weighted by atomic mass is 9.97. The van der Waals surface area contributed by atoms with Crippen molar-refractivity contribution in [2.75, 3.05) is 6.54 Å². The summed E-state index contributed by atoms with van der Waals surface area (Å²) in [7, 11) is 0. The van der Waals surface area contributed by atoms with Gasteiger partial charge in [-0.25, -0.2) is 14.2 Å². The summed E-state index contributed by atoms with van der Waals surface area (Å²) in [5, 5.41) is 13.4. The molecule has 5 heterocycles. The van der Waals surface area contributed by atoms with Crippen molar-refractivity contribution < 1.29 is 0 Å². The minimum atomic E-state index is -0.0556. The zero-order valence-corrected chi connectivity index (χ0v) is 17.1. The van der Waals surface area contributed by atoms with Gasteiger partial charge in [-0.05, 0) is 64.3 Å². The lowest BCUT2D eigenvalue weighted by Crippen LogP contribution is -2.43. The van der Waals surface area contributed by atoms with Gasteiger partial charge in [-0.3, -0.25) is 9.78 Å². The Balaban J connectivity index is 1.40. The van der Waals surface area contributed by atoms with Crippen molar-refractivity contribution in [2.45, 2.75) is 51.1 Å². The Morgan fingerprint density at radius 1 is 1.17 bits per heavy atom. The fraction of sp³-hybridized carbons (Fsp3) is 0.409. The molecule has 8 nitrogen and oxygen atoms in total. The van der Waals surface area contributed by atoms with E-state index < -0.39 is 0 Å². The Kier molecular flexibility index (Phi) is 3.65. The minimum absolute atomic E-state index is 0.0556. The van der Waals surface area contributed by atoms with Crippen molar-refractivity contribution in [2.24, 2.45) is 0 Å². The highest BCUT2D eigenvalue weighted by molar-refractivity contribution is 5.80. The average Bonchev–Trinajstić information content (AvgIpc) is 3.32. The summed E-state index contributed by atoms with van der Waals surface area (Å²) in [4.78, 5) is 22.3. The second kappa shape index (κ2) is 6.18. The van der Waals surface area contributed by atoms with Crippen LogP contribution in [0.5, 0.6) is 0 Å². The Hall–Kier alpha value is -3.13. The van der Waals surface area contributed by atoms with Crippen LogP contribution in [0.2, 0.25) is 0 Å². The maximum atomic E-state index is 13.1. The van der Waals surface area contributed by atoms with E-state index in [1.807, 2.05) is 42.8 Å². The van der Waals surface area contributed by atoms with Gasteiger partial charge < -0.3 is 5.32 Å². The van der Waals surface area contributed by atoms with Crippen LogP contribution in [0.15, 0.2) is 35.4 Å². The van der Waals surface area contributed by atoms with E-state index in [1.54, 1.807) is 10.9 Å². The predicted octanol–water partition coefficient (Wildman–Crippen LogP) is 2.58. The second-order valence-corrected chi connectivity index (χ2v) is 8.70. The van der Waals surface area contributed by atoms with Crippen LogP contribution in [0.25, 0.3) is 27.8 Å². The van der Waals surface area contributed by atoms with E-state index in [2.05, 4.69) is 20.5 Å². The number of nitrogens with zero attached hydrogens (tertiary/aromatic N) is 6. The lowest BCUT2D eigenvalue weighted by Gasteiger charge is -2.30. The highest BCUT2D eigenvalue weighted by atomic mass is 16.1. The molecule has 1 atom stereocenters. The molecule has 0 radical (unpaired) electrons. The molecule has 2 aliphatic rings. The summed E-state index contributed by atoms with van der Waals surface area (Å²) in [6.07, 6.45) is 7.92. The first kappa shape index (κ1) is 17.7. The molecular weight excluding hydrogens is 378 g/mol. The van der Waals surface area contributed by atoms with Crippen LogP contribution in [0, 0.1) is 13.8 Å². The first-order chi connectivity index (χ1) is 14.5. The van der Waals surface area contributed by atoms with Gasteiger partial charge in [0.2, 0.25) is 0 Å². The first-order valence-electron chi connectivity index (χ1n) is 10.5. The van der Waals surface area contributed by atoms with Crippen molar-refractivity contribution >= 4 is 16.4 Å². The number of aryl methyl sites for hydroxylation is 2. The number of fused-ring (bicyclic) bond motifs is 2. The van der Waals surface area contributed by atoms with E-state index in [0.29, 0.717) is 10.9 Å². The molecule has 2 fully saturated rings. The van der Waals surface area contributed by atoms with Crippen LogP contribution in [0.3, 0.4) is 0 Å². The molecule has 0 aromatic carbocycles. The lowest BCUT2D eigenvalue weighted by molar-refractivity contribution is 0.264. The van der Waals surface area contributed by atoms with Gasteiger partial charge in [0.05, 0.1) is 51.9 Å². The number of pyridine rings is 1. The molecule has 4 aromatic rings. The maximum absolute atomic E-state index is 13.1. The summed E-state index contributed by atoms with van der Waals surface area (Å²) < 4.78 is 3.51. The topological polar surface area (TPSA) is 90.0 Å². The number of nitrogens with one attached hydrogen (secondary N) is 1. The molecule has 1 N–H and O–H groups in total. The Labute approximate surface area is 173 Å². The van der Waals surface area contributed by atoms with Crippen molar-refractivity contribution in [3.8, 4) is 11.4 Å². The molecule has 1 aliphatic heterocycles. The van der Waals surface area contributed by atoms with E-state index in [0.717, 1.165) is 47.7 Å². The molecule has 0 amide bonds. The fourth-order valence-corrected chi connectivity index (χ4v) is 4.74. The van der Waals surface area contributed by atoms with Crippen LogP contribution in [0.1, 0.15) is 43.1 Å². The zero-order valence-electron chi connectivity index (χ0n) is 17.1. The molecule has 30 heavy (non-hydrogen) atoms. The van der Waals surface area contributed by atoms with E-state index in [1.165, 1.54) is 12.8 Å². The molecule has 152 valence electrons. The normalized spacial score (nSPS) is 20.3. The molecule has 4 aromatic heterocycles. The number of piperidine rings is 1. The van der Waals surface area contributed by atoms with E-state index >= 15 is 0 Å². The monoisotopic (exact) mass is 401 g/mol. The minimum Gasteiger partial charge on any atom is -0.311 e. The molecule has 0 bridgehead atoms. The maximum Gasteiger partial charge on any atom is 0.276 e. The van der Waals surface area contributed by atoms with Gasteiger partial charge in [0, 0.05) is 5.54 Å². The van der Waals surface area contributed by atoms with Crippen LogP contribution in [0.4, 0.5) is 0 Å². The standard InChI is InChI=1S/C22H23N7O/c1-13-12-28-20(14(2)25-13)9-18(27-28)17-4-3-16-19(26-17)11-24-29(21(16)30)15-5-8-23-22(10-15)6-7-22/h3-4,9,11-12,15,23H,5-8,10H2,1-2H3/t15-/m0/s1. The Bertz CT molecular complexity index is 1370. The second-order valence-electron chi connectivity index (χ2n) is 8.70. The van der Waals surface area contributed by atoms with Gasteiger partial charge in [-0.1, -0.05) is 0 Å². The van der Waals surface area contributed by atoms with Gasteiger partial charge in [-0.2, -0.15) is 10.2 Å². The van der Waals surface area contributed by atoms with Crippen LogP contribution < -0.4 is 10.9 Å². The third-order valence-electron chi connectivity index (χ3n) is 6.49. The van der Waals surface area contributed by atoms with Gasteiger partial charge in [0.1, 0.15) is 5.69 Å². The van der Waals surface area contributed by atoms with Gasteiger partial charge in [0.25, 0.3) is 5.56 Å². The van der Waals surface area contributed by atoms with Gasteiger partial charge >= 0.3 is 0 Å². The molecular formula is C22H23N7O. The molecule has 6 rings (SSSR count). The summed E-state index contributed by atoms with van der Waals surface area (Å²) >= 11 is 0. The number of hydrogen-bond donors (Lipinski definition) is 1. The van der Waals surface area contributed by atoms with Crippen molar-refractivity contribution in [3.63, 3.8) is 0 Å². The summed E-state index contributed by atoms with van der Waals surface area (Å²) in [6, 6.07) is 5.86. The SMILES string of the molecule is Cc1cn2nc(-c3ccc4c(=O)n([C@H]5CCNC6(CC6)C5)ncc4n3)cc2c(C)n1. The highest BCUT2D eigenvalue weighted by Gasteiger charge is 2.46. The van der Waals surface area contributed by atoms with Crippen molar-refractivity contribution in [1.29, 1.82) is 0 Å². The molecule has 1 aliphatic carbocycles. The van der Waals surface area contributed by atoms with E-state index in [9.17, 15) is 4.79 Å². The fourth-order valence-electron chi connectivity index (χ4n) is 4.74. The molecule has 1 saturated carbocycles. The molecule has 8 heteroatoms. The van der Waals surface area contributed by atoms with Gasteiger partial charge in [0.15, 0.2) is 0 Å². The van der Waals surface area contributed by atoms with Crippen LogP contribution in [-0.4, -0.2) is 41.4 Å². The van der Waals surface area contributed by atoms with Gasteiger partial charge in [-0.15, -0.1) is 0 Å². The molecule has 1 saturated heterocycles. The Morgan fingerprint density at radius 3 is 2.87 bits per heavy atom. The van der Waals surface area contributed by atoms with Crippen molar-refractivity contribution in [1.82, 2.24) is 34.7 Å². The van der Waals surface area contributed by atoms with E-state index in [4.69, 9.17) is 4.98 Å². The largest absolute Gasteiger partial charge is 0.311 e. The predicted molar refractivity (Wildman–Crippen MR) is 113 cm³/mol. The summed E-state index contributed by atoms with van der Waals surface area (Å²) in [5.41, 5.74) is 5.06. The highest BCUT2D eigenvalue weighted by Crippen LogP contribution is 2.44. The quantitative estimate of drug-likeness (QED) is 0.555. The van der Waals surface area contributed by atoms with Crippen LogP contribution >= 0.6 is 0 Å². The number of hydrogen-bond acceptors (Lipinski definition) is 6. The van der Waals surface area contributed by atoms with Crippen molar-refractivity contribution in [3.05, 3.63) is 52.3 Å².